The summed E-state index contributed by atoms with van der Waals surface area (Å²) in [6.07, 6.45) is 11.5. The van der Waals surface area contributed by atoms with Gasteiger partial charge < -0.3 is 9.80 Å². The zero-order valence-corrected chi connectivity index (χ0v) is 17.0. The van der Waals surface area contributed by atoms with Crippen molar-refractivity contribution in [1.82, 2.24) is 9.80 Å². The van der Waals surface area contributed by atoms with Crippen LogP contribution in [0.4, 0.5) is 0 Å². The Morgan fingerprint density at radius 2 is 2.11 bits per heavy atom. The van der Waals surface area contributed by atoms with Crippen molar-refractivity contribution in [2.45, 2.75) is 46.0 Å². The van der Waals surface area contributed by atoms with E-state index >= 15 is 0 Å². The van der Waals surface area contributed by atoms with Gasteiger partial charge in [0.15, 0.2) is 0 Å². The van der Waals surface area contributed by atoms with E-state index in [2.05, 4.69) is 54.0 Å². The minimum Gasteiger partial charge on any atom is -0.339 e. The zero-order chi connectivity index (χ0) is 19.1. The second-order valence-electron chi connectivity index (χ2n) is 7.90. The lowest BCUT2D eigenvalue weighted by Gasteiger charge is -2.35. The van der Waals surface area contributed by atoms with Crippen LogP contribution in [0.3, 0.4) is 0 Å². The molecule has 1 fully saturated rings. The van der Waals surface area contributed by atoms with Crippen LogP contribution in [0.15, 0.2) is 48.1 Å². The molecule has 1 unspecified atom stereocenters. The van der Waals surface area contributed by atoms with E-state index in [1.54, 1.807) is 0 Å². The van der Waals surface area contributed by atoms with Crippen molar-refractivity contribution in [2.24, 2.45) is 5.92 Å². The van der Waals surface area contributed by atoms with Crippen LogP contribution < -0.4 is 0 Å². The van der Waals surface area contributed by atoms with Crippen molar-refractivity contribution in [3.05, 3.63) is 59.2 Å². The van der Waals surface area contributed by atoms with Gasteiger partial charge in [0.2, 0.25) is 5.91 Å². The molecule has 146 valence electrons. The van der Waals surface area contributed by atoms with Crippen LogP contribution in [-0.4, -0.2) is 48.4 Å². The fraction of sp³-hybridized carbons (Fsp3) is 0.542. The number of carbonyl (C=O) groups is 1. The molecule has 1 saturated heterocycles. The molecule has 1 aromatic rings. The molecular formula is C24H34N2O. The summed E-state index contributed by atoms with van der Waals surface area (Å²) in [5.74, 6) is 0.829. The van der Waals surface area contributed by atoms with Crippen LogP contribution in [0.2, 0.25) is 0 Å². The number of likely N-dealkylation sites (N-methyl/N-ethyl adjacent to an activating group) is 1. The number of aryl methyl sites for hydroxylation is 1. The van der Waals surface area contributed by atoms with Gasteiger partial charge in [0.05, 0.1) is 0 Å². The van der Waals surface area contributed by atoms with E-state index in [4.69, 9.17) is 0 Å². The molecule has 0 aromatic heterocycles. The van der Waals surface area contributed by atoms with Crippen LogP contribution in [0.5, 0.6) is 0 Å². The van der Waals surface area contributed by atoms with Gasteiger partial charge in [-0.25, -0.2) is 0 Å². The van der Waals surface area contributed by atoms with Gasteiger partial charge in [-0.2, -0.15) is 0 Å². The quantitative estimate of drug-likeness (QED) is 0.687. The maximum atomic E-state index is 12.7. The summed E-state index contributed by atoms with van der Waals surface area (Å²) < 4.78 is 0. The van der Waals surface area contributed by atoms with Gasteiger partial charge in [0, 0.05) is 31.8 Å². The second-order valence-corrected chi connectivity index (χ2v) is 7.90. The fourth-order valence-corrected chi connectivity index (χ4v) is 4.27. The van der Waals surface area contributed by atoms with Gasteiger partial charge >= 0.3 is 0 Å². The van der Waals surface area contributed by atoms with Crippen LogP contribution >= 0.6 is 0 Å². The number of carbonyl (C=O) groups excluding carboxylic acids is 1. The summed E-state index contributed by atoms with van der Waals surface area (Å²) >= 11 is 0. The van der Waals surface area contributed by atoms with Gasteiger partial charge in [-0.3, -0.25) is 4.79 Å². The zero-order valence-electron chi connectivity index (χ0n) is 17.0. The first-order valence-corrected chi connectivity index (χ1v) is 10.6. The summed E-state index contributed by atoms with van der Waals surface area (Å²) in [5, 5.41) is 0. The molecule has 3 nitrogen and oxygen atoms in total. The third kappa shape index (κ3) is 5.55. The maximum Gasteiger partial charge on any atom is 0.250 e. The molecular weight excluding hydrogens is 332 g/mol. The van der Waals surface area contributed by atoms with Crippen LogP contribution in [0, 0.1) is 5.92 Å². The Balaban J connectivity index is 1.50. The highest BCUT2D eigenvalue weighted by molar-refractivity contribution is 5.94. The number of nitrogens with zero attached hydrogens (tertiary/aromatic N) is 2. The van der Waals surface area contributed by atoms with Gasteiger partial charge in [-0.05, 0) is 62.6 Å². The Kier molecular flexibility index (Phi) is 7.28. The predicted molar refractivity (Wildman–Crippen MR) is 113 cm³/mol. The Morgan fingerprint density at radius 3 is 2.85 bits per heavy atom. The summed E-state index contributed by atoms with van der Waals surface area (Å²) in [6, 6.07) is 9.00. The third-order valence-corrected chi connectivity index (χ3v) is 5.91. The molecule has 2 aliphatic rings. The SMILES string of the molecule is CCc1cccc(CCN2CCCC(CN(CC)C(=O)C3=CC=CC3)C2)c1. The van der Waals surface area contributed by atoms with E-state index in [0.717, 1.165) is 51.0 Å². The average Bonchev–Trinajstić information content (AvgIpc) is 3.25. The lowest BCUT2D eigenvalue weighted by molar-refractivity contribution is -0.127. The van der Waals surface area contributed by atoms with Gasteiger partial charge in [-0.1, -0.05) is 49.4 Å². The molecule has 0 radical (unpaired) electrons. The molecule has 0 N–H and O–H groups in total. The molecule has 1 atom stereocenters. The number of rotatable bonds is 8. The number of amides is 1. The molecule has 1 heterocycles. The highest BCUT2D eigenvalue weighted by atomic mass is 16.2. The summed E-state index contributed by atoms with van der Waals surface area (Å²) in [5.41, 5.74) is 3.82. The first-order chi connectivity index (χ1) is 13.2. The first-order valence-electron chi connectivity index (χ1n) is 10.6. The number of likely N-dealkylation sites (tertiary alicyclic amines) is 1. The van der Waals surface area contributed by atoms with Crippen LogP contribution in [-0.2, 0) is 17.6 Å². The van der Waals surface area contributed by atoms with Gasteiger partial charge in [0.1, 0.15) is 0 Å². The monoisotopic (exact) mass is 366 g/mol. The number of piperidine rings is 1. The Labute approximate surface area is 164 Å². The molecule has 3 rings (SSSR count). The number of hydrogen-bond acceptors (Lipinski definition) is 2. The smallest absolute Gasteiger partial charge is 0.250 e. The van der Waals surface area contributed by atoms with Gasteiger partial charge in [0.25, 0.3) is 0 Å². The second kappa shape index (κ2) is 9.89. The molecule has 0 spiro atoms. The molecule has 1 aliphatic carbocycles. The van der Waals surface area contributed by atoms with E-state index in [9.17, 15) is 4.79 Å². The molecule has 0 saturated carbocycles. The predicted octanol–water partition coefficient (Wildman–Crippen LogP) is 4.24. The Bertz CT molecular complexity index is 691. The number of hydrogen-bond donors (Lipinski definition) is 0. The van der Waals surface area contributed by atoms with Crippen LogP contribution in [0.25, 0.3) is 0 Å². The molecule has 1 amide bonds. The van der Waals surface area contributed by atoms with E-state index < -0.39 is 0 Å². The highest BCUT2D eigenvalue weighted by Gasteiger charge is 2.25. The largest absolute Gasteiger partial charge is 0.339 e. The summed E-state index contributed by atoms with van der Waals surface area (Å²) in [7, 11) is 0. The fourth-order valence-electron chi connectivity index (χ4n) is 4.27. The molecule has 3 heteroatoms. The van der Waals surface area contributed by atoms with Crippen molar-refractivity contribution in [1.29, 1.82) is 0 Å². The van der Waals surface area contributed by atoms with Crippen molar-refractivity contribution in [3.63, 3.8) is 0 Å². The van der Waals surface area contributed by atoms with Crippen molar-refractivity contribution < 1.29 is 4.79 Å². The lowest BCUT2D eigenvalue weighted by atomic mass is 9.96. The Morgan fingerprint density at radius 1 is 1.26 bits per heavy atom. The summed E-state index contributed by atoms with van der Waals surface area (Å²) in [4.78, 5) is 17.4. The highest BCUT2D eigenvalue weighted by Crippen LogP contribution is 2.21. The maximum absolute atomic E-state index is 12.7. The minimum absolute atomic E-state index is 0.232. The Hall–Kier alpha value is -1.87. The molecule has 1 aromatic carbocycles. The summed E-state index contributed by atoms with van der Waals surface area (Å²) in [6.45, 7) is 9.45. The lowest BCUT2D eigenvalue weighted by Crippen LogP contribution is -2.43. The number of benzene rings is 1. The number of allylic oxidation sites excluding steroid dienone is 3. The molecule has 1 aliphatic heterocycles. The van der Waals surface area contributed by atoms with Crippen LogP contribution in [0.1, 0.15) is 44.2 Å². The van der Waals surface area contributed by atoms with E-state index in [0.29, 0.717) is 5.92 Å². The topological polar surface area (TPSA) is 23.6 Å². The van der Waals surface area contributed by atoms with Crippen molar-refractivity contribution >= 4 is 5.91 Å². The normalized spacial score (nSPS) is 19.9. The van der Waals surface area contributed by atoms with Crippen molar-refractivity contribution in [2.75, 3.05) is 32.7 Å². The molecule has 27 heavy (non-hydrogen) atoms. The van der Waals surface area contributed by atoms with E-state index in [-0.39, 0.29) is 5.91 Å². The third-order valence-electron chi connectivity index (χ3n) is 5.91. The molecule has 0 bridgehead atoms. The van der Waals surface area contributed by atoms with E-state index in [1.807, 2.05) is 12.2 Å². The minimum atomic E-state index is 0.232. The first kappa shape index (κ1) is 19.9. The van der Waals surface area contributed by atoms with E-state index in [1.165, 1.54) is 30.5 Å². The van der Waals surface area contributed by atoms with Gasteiger partial charge in [-0.15, -0.1) is 0 Å². The van der Waals surface area contributed by atoms with Crippen molar-refractivity contribution in [3.8, 4) is 0 Å². The average molecular weight is 367 g/mol. The standard InChI is InChI=1S/C24H34N2O/c1-3-20-9-7-10-21(17-20)14-16-25-15-8-11-22(18-25)19-26(4-2)24(27)23-12-5-6-13-23/h5-7,9-10,12,17,22H,3-4,8,11,13-16,18-19H2,1-2H3.